The van der Waals surface area contributed by atoms with Crippen LogP contribution in [0.3, 0.4) is 0 Å². The second-order valence-electron chi connectivity index (χ2n) is 7.68. The van der Waals surface area contributed by atoms with Gasteiger partial charge in [-0.25, -0.2) is 0 Å². The van der Waals surface area contributed by atoms with E-state index in [4.69, 9.17) is 9.47 Å². The highest BCUT2D eigenvalue weighted by atomic mass is 16.5. The molecule has 0 bridgehead atoms. The van der Waals surface area contributed by atoms with Gasteiger partial charge < -0.3 is 25.0 Å². The van der Waals surface area contributed by atoms with Crippen LogP contribution < -0.4 is 10.6 Å². The number of carbonyl (C=O) groups is 1. The Morgan fingerprint density at radius 3 is 2.44 bits per heavy atom. The van der Waals surface area contributed by atoms with Gasteiger partial charge in [-0.15, -0.1) is 0 Å². The van der Waals surface area contributed by atoms with E-state index in [9.17, 15) is 4.79 Å². The summed E-state index contributed by atoms with van der Waals surface area (Å²) in [6, 6.07) is 0.387. The zero-order chi connectivity index (χ0) is 19.5. The highest BCUT2D eigenvalue weighted by molar-refractivity contribution is 5.80. The summed E-state index contributed by atoms with van der Waals surface area (Å²) in [4.78, 5) is 18.7. The van der Waals surface area contributed by atoms with Gasteiger partial charge in [0, 0.05) is 33.3 Å². The van der Waals surface area contributed by atoms with Gasteiger partial charge in [-0.3, -0.25) is 9.79 Å². The highest BCUT2D eigenvalue weighted by Gasteiger charge is 2.27. The van der Waals surface area contributed by atoms with E-state index in [1.807, 2.05) is 14.0 Å². The Hall–Kier alpha value is -1.34. The lowest BCUT2D eigenvalue weighted by Gasteiger charge is -2.33. The van der Waals surface area contributed by atoms with Crippen LogP contribution in [0.2, 0.25) is 0 Å². The highest BCUT2D eigenvalue weighted by Crippen LogP contribution is 2.25. The van der Waals surface area contributed by atoms with Crippen LogP contribution >= 0.6 is 0 Å². The van der Waals surface area contributed by atoms with Crippen LogP contribution in [0.1, 0.15) is 45.4 Å². The molecule has 2 rings (SSSR count). The molecule has 0 aromatic carbocycles. The summed E-state index contributed by atoms with van der Waals surface area (Å²) in [5, 5.41) is 7.04. The molecular weight excluding hydrogens is 344 g/mol. The second kappa shape index (κ2) is 12.2. The van der Waals surface area contributed by atoms with E-state index in [-0.39, 0.29) is 11.9 Å². The van der Waals surface area contributed by atoms with Crippen molar-refractivity contribution in [3.05, 3.63) is 0 Å². The van der Waals surface area contributed by atoms with Crippen molar-refractivity contribution in [3.8, 4) is 0 Å². The predicted octanol–water partition coefficient (Wildman–Crippen LogP) is 1.63. The summed E-state index contributed by atoms with van der Waals surface area (Å²) in [5.74, 6) is 1.62. The molecule has 0 radical (unpaired) electrons. The first-order valence-corrected chi connectivity index (χ1v) is 10.5. The average molecular weight is 383 g/mol. The fourth-order valence-corrected chi connectivity index (χ4v) is 4.00. The Labute approximate surface area is 164 Å². The van der Waals surface area contributed by atoms with Crippen molar-refractivity contribution in [2.45, 2.75) is 51.5 Å². The Bertz CT molecular complexity index is 456. The number of carbonyl (C=O) groups excluding carboxylic acids is 1. The van der Waals surface area contributed by atoms with Crippen LogP contribution in [0.25, 0.3) is 0 Å². The number of likely N-dealkylation sites (tertiary alicyclic amines) is 1. The van der Waals surface area contributed by atoms with Gasteiger partial charge in [0.05, 0.1) is 19.1 Å². The first-order valence-electron chi connectivity index (χ1n) is 10.5. The summed E-state index contributed by atoms with van der Waals surface area (Å²) < 4.78 is 10.3. The van der Waals surface area contributed by atoms with Crippen molar-refractivity contribution < 1.29 is 14.3 Å². The van der Waals surface area contributed by atoms with E-state index in [1.54, 1.807) is 7.11 Å². The zero-order valence-electron chi connectivity index (χ0n) is 17.3. The van der Waals surface area contributed by atoms with Crippen molar-refractivity contribution in [2.75, 3.05) is 53.6 Å². The molecule has 27 heavy (non-hydrogen) atoms. The summed E-state index contributed by atoms with van der Waals surface area (Å²) in [6.45, 7) is 7.46. The topological polar surface area (TPSA) is 75.2 Å². The molecule has 1 heterocycles. The predicted molar refractivity (Wildman–Crippen MR) is 108 cm³/mol. The number of hydrogen-bond donors (Lipinski definition) is 2. The van der Waals surface area contributed by atoms with Gasteiger partial charge in [0.25, 0.3) is 0 Å². The molecule has 2 fully saturated rings. The molecule has 7 heteroatoms. The van der Waals surface area contributed by atoms with Crippen LogP contribution in [-0.2, 0) is 14.3 Å². The minimum absolute atomic E-state index is 0.0321. The number of guanidine groups is 1. The second-order valence-corrected chi connectivity index (χ2v) is 7.68. The fraction of sp³-hybridized carbons (Fsp3) is 0.900. The largest absolute Gasteiger partial charge is 0.466 e. The van der Waals surface area contributed by atoms with E-state index < -0.39 is 0 Å². The molecule has 1 aliphatic heterocycles. The molecule has 0 unspecified atom stereocenters. The molecule has 0 spiro atoms. The molecule has 2 aliphatic rings. The lowest BCUT2D eigenvalue weighted by Crippen LogP contribution is -2.47. The van der Waals surface area contributed by atoms with E-state index in [0.29, 0.717) is 18.6 Å². The third-order valence-corrected chi connectivity index (χ3v) is 5.79. The molecule has 0 amide bonds. The Morgan fingerprint density at radius 2 is 1.85 bits per heavy atom. The van der Waals surface area contributed by atoms with Crippen molar-refractivity contribution in [3.63, 3.8) is 0 Å². The van der Waals surface area contributed by atoms with Crippen LogP contribution in [-0.4, -0.2) is 76.4 Å². The quantitative estimate of drug-likeness (QED) is 0.378. The Kier molecular flexibility index (Phi) is 9.91. The standard InChI is InChI=1S/C20H38N4O3/c1-4-27-19(25)17-5-7-18(8-6-17)23-20(21-2)22-15-16-9-11-24(12-10-16)13-14-26-3/h16-18H,4-15H2,1-3H3,(H2,21,22,23). The van der Waals surface area contributed by atoms with Gasteiger partial charge in [-0.05, 0) is 64.5 Å². The van der Waals surface area contributed by atoms with Gasteiger partial charge in [0.1, 0.15) is 0 Å². The monoisotopic (exact) mass is 382 g/mol. The average Bonchev–Trinajstić information content (AvgIpc) is 2.71. The first-order chi connectivity index (χ1) is 13.2. The third kappa shape index (κ3) is 7.66. The SMILES string of the molecule is CCOC(=O)C1CCC(NC(=NC)NCC2CCN(CCOC)CC2)CC1. The number of aliphatic imine (C=N–C) groups is 1. The number of hydrogen-bond acceptors (Lipinski definition) is 5. The van der Waals surface area contributed by atoms with E-state index in [0.717, 1.165) is 64.4 Å². The normalized spacial score (nSPS) is 25.2. The van der Waals surface area contributed by atoms with Crippen LogP contribution in [0.5, 0.6) is 0 Å². The molecule has 0 aromatic rings. The molecule has 0 atom stereocenters. The van der Waals surface area contributed by atoms with Crippen molar-refractivity contribution in [1.29, 1.82) is 0 Å². The molecule has 1 aliphatic carbocycles. The summed E-state index contributed by atoms with van der Waals surface area (Å²) in [7, 11) is 3.59. The van der Waals surface area contributed by atoms with Crippen LogP contribution in [0.15, 0.2) is 4.99 Å². The number of methoxy groups -OCH3 is 1. The van der Waals surface area contributed by atoms with Crippen LogP contribution in [0, 0.1) is 11.8 Å². The fourth-order valence-electron chi connectivity index (χ4n) is 4.00. The zero-order valence-corrected chi connectivity index (χ0v) is 17.3. The minimum Gasteiger partial charge on any atom is -0.466 e. The molecule has 1 saturated heterocycles. The maximum atomic E-state index is 11.9. The number of nitrogens with zero attached hydrogens (tertiary/aromatic N) is 2. The number of esters is 1. The lowest BCUT2D eigenvalue weighted by atomic mass is 9.86. The number of nitrogens with one attached hydrogen (secondary N) is 2. The van der Waals surface area contributed by atoms with Gasteiger partial charge >= 0.3 is 5.97 Å². The van der Waals surface area contributed by atoms with Crippen molar-refractivity contribution >= 4 is 11.9 Å². The lowest BCUT2D eigenvalue weighted by molar-refractivity contribution is -0.149. The molecule has 7 nitrogen and oxygen atoms in total. The van der Waals surface area contributed by atoms with Crippen LogP contribution in [0.4, 0.5) is 0 Å². The summed E-state index contributed by atoms with van der Waals surface area (Å²) in [6.07, 6.45) is 6.21. The molecule has 156 valence electrons. The molecule has 2 N–H and O–H groups in total. The first kappa shape index (κ1) is 22.0. The summed E-state index contributed by atoms with van der Waals surface area (Å²) in [5.41, 5.74) is 0. The maximum absolute atomic E-state index is 11.9. The van der Waals surface area contributed by atoms with E-state index in [2.05, 4.69) is 20.5 Å². The van der Waals surface area contributed by atoms with E-state index in [1.165, 1.54) is 12.8 Å². The third-order valence-electron chi connectivity index (χ3n) is 5.79. The van der Waals surface area contributed by atoms with Gasteiger partial charge in [0.15, 0.2) is 5.96 Å². The number of piperidine rings is 1. The van der Waals surface area contributed by atoms with Gasteiger partial charge in [0.2, 0.25) is 0 Å². The Balaban J connectivity index is 1.63. The number of ether oxygens (including phenoxy) is 2. The molecular formula is C20H38N4O3. The van der Waals surface area contributed by atoms with Crippen molar-refractivity contribution in [1.82, 2.24) is 15.5 Å². The number of rotatable bonds is 8. The van der Waals surface area contributed by atoms with E-state index >= 15 is 0 Å². The van der Waals surface area contributed by atoms with Crippen molar-refractivity contribution in [2.24, 2.45) is 16.8 Å². The molecule has 1 saturated carbocycles. The maximum Gasteiger partial charge on any atom is 0.308 e. The molecule has 0 aromatic heterocycles. The Morgan fingerprint density at radius 1 is 1.15 bits per heavy atom. The minimum atomic E-state index is -0.0321. The summed E-state index contributed by atoms with van der Waals surface area (Å²) >= 11 is 0. The van der Waals surface area contributed by atoms with Gasteiger partial charge in [-0.2, -0.15) is 0 Å². The smallest absolute Gasteiger partial charge is 0.308 e. The van der Waals surface area contributed by atoms with Gasteiger partial charge in [-0.1, -0.05) is 0 Å².